The number of carbonyl (C=O) groups is 9. The SMILES string of the molecule is CC(C)C[C@@H](NC(=O)[C@H](NC(=O)CNC(=O)CN)C(C)C)C(=O)N[C@@H](C(=O)N[C@H](CCC(N)=O)C(=O)N1CCC[C@H]1C(=O)NCC(=O)O)C(C)C. The van der Waals surface area contributed by atoms with Crippen molar-refractivity contribution in [3.05, 3.63) is 0 Å². The Morgan fingerprint density at radius 2 is 1.31 bits per heavy atom. The van der Waals surface area contributed by atoms with Gasteiger partial charge < -0.3 is 53.4 Å². The molecule has 8 amide bonds. The maximum Gasteiger partial charge on any atom is 0.322 e. The first-order chi connectivity index (χ1) is 23.8. The first-order valence-electron chi connectivity index (χ1n) is 17.0. The molecule has 1 rings (SSSR count). The van der Waals surface area contributed by atoms with E-state index in [0.29, 0.717) is 6.42 Å². The number of carboxylic acid groups (broad SMARTS) is 1. The molecule has 11 N–H and O–H groups in total. The third-order valence-corrected chi connectivity index (χ3v) is 8.03. The Kier molecular flexibility index (Phi) is 18.6. The summed E-state index contributed by atoms with van der Waals surface area (Å²) >= 11 is 0. The fraction of sp³-hybridized carbons (Fsp3) is 0.719. The van der Waals surface area contributed by atoms with Gasteiger partial charge in [-0.05, 0) is 43.4 Å². The highest BCUT2D eigenvalue weighted by Gasteiger charge is 2.39. The van der Waals surface area contributed by atoms with Crippen LogP contribution in [-0.2, 0) is 43.2 Å². The summed E-state index contributed by atoms with van der Waals surface area (Å²) in [4.78, 5) is 115. The maximum atomic E-state index is 13.7. The molecule has 1 fully saturated rings. The van der Waals surface area contributed by atoms with Gasteiger partial charge in [-0.15, -0.1) is 0 Å². The lowest BCUT2D eigenvalue weighted by molar-refractivity contribution is -0.143. The zero-order chi connectivity index (χ0) is 39.0. The number of nitrogens with one attached hydrogen (secondary N) is 6. The lowest BCUT2D eigenvalue weighted by Gasteiger charge is -2.31. The summed E-state index contributed by atoms with van der Waals surface area (Å²) < 4.78 is 0. The van der Waals surface area contributed by atoms with Gasteiger partial charge in [0.1, 0.15) is 36.8 Å². The van der Waals surface area contributed by atoms with E-state index in [1.165, 1.54) is 4.90 Å². The number of primary amides is 1. The van der Waals surface area contributed by atoms with Gasteiger partial charge in [-0.3, -0.25) is 43.2 Å². The van der Waals surface area contributed by atoms with Crippen molar-refractivity contribution in [2.45, 2.75) is 104 Å². The van der Waals surface area contributed by atoms with Crippen LogP contribution in [0.4, 0.5) is 0 Å². The van der Waals surface area contributed by atoms with Crippen molar-refractivity contribution in [1.29, 1.82) is 0 Å². The first kappa shape index (κ1) is 44.2. The van der Waals surface area contributed by atoms with Crippen LogP contribution < -0.4 is 43.4 Å². The van der Waals surface area contributed by atoms with Crippen LogP contribution in [-0.4, -0.2) is 120 Å². The molecule has 0 spiro atoms. The molecular weight excluding hydrogens is 670 g/mol. The number of hydrogen-bond donors (Lipinski definition) is 9. The minimum Gasteiger partial charge on any atom is -0.480 e. The Labute approximate surface area is 297 Å². The van der Waals surface area contributed by atoms with Crippen LogP contribution in [0.15, 0.2) is 0 Å². The largest absolute Gasteiger partial charge is 0.480 e. The zero-order valence-electron chi connectivity index (χ0n) is 30.2. The quantitative estimate of drug-likeness (QED) is 0.0568. The molecule has 288 valence electrons. The predicted octanol–water partition coefficient (Wildman–Crippen LogP) is -3.18. The van der Waals surface area contributed by atoms with Gasteiger partial charge in [-0.1, -0.05) is 41.5 Å². The van der Waals surface area contributed by atoms with Crippen LogP contribution in [0.1, 0.15) is 73.6 Å². The lowest BCUT2D eigenvalue weighted by atomic mass is 9.98. The molecule has 1 aliphatic rings. The molecule has 1 aliphatic heterocycles. The van der Waals surface area contributed by atoms with Gasteiger partial charge >= 0.3 is 5.97 Å². The Bertz CT molecular complexity index is 1290. The number of hydrogen-bond acceptors (Lipinski definition) is 10. The molecule has 0 bridgehead atoms. The van der Waals surface area contributed by atoms with E-state index in [4.69, 9.17) is 16.6 Å². The lowest BCUT2D eigenvalue weighted by Crippen LogP contribution is -2.61. The summed E-state index contributed by atoms with van der Waals surface area (Å²) in [6.45, 7) is 9.09. The Morgan fingerprint density at radius 1 is 0.745 bits per heavy atom. The minimum absolute atomic E-state index is 0.0946. The van der Waals surface area contributed by atoms with Gasteiger partial charge in [0.05, 0.1) is 13.1 Å². The van der Waals surface area contributed by atoms with Crippen LogP contribution in [0.25, 0.3) is 0 Å². The molecule has 1 saturated heterocycles. The zero-order valence-corrected chi connectivity index (χ0v) is 30.2. The van der Waals surface area contributed by atoms with Crippen molar-refractivity contribution in [2.75, 3.05) is 26.2 Å². The van der Waals surface area contributed by atoms with Crippen LogP contribution in [0.3, 0.4) is 0 Å². The van der Waals surface area contributed by atoms with E-state index < -0.39 is 108 Å². The Balaban J connectivity index is 3.18. The highest BCUT2D eigenvalue weighted by atomic mass is 16.4. The Hall–Kier alpha value is -4.81. The van der Waals surface area contributed by atoms with E-state index >= 15 is 0 Å². The van der Waals surface area contributed by atoms with Crippen LogP contribution in [0.2, 0.25) is 0 Å². The van der Waals surface area contributed by atoms with Gasteiger partial charge in [0.2, 0.25) is 47.3 Å². The summed E-state index contributed by atoms with van der Waals surface area (Å²) in [5.74, 6) is -7.73. The van der Waals surface area contributed by atoms with Crippen molar-refractivity contribution in [2.24, 2.45) is 29.2 Å². The van der Waals surface area contributed by atoms with E-state index in [2.05, 4.69) is 31.9 Å². The molecule has 0 radical (unpaired) electrons. The third-order valence-electron chi connectivity index (χ3n) is 8.03. The average Bonchev–Trinajstić information content (AvgIpc) is 3.54. The molecular formula is C32H55N9O10. The molecule has 19 nitrogen and oxygen atoms in total. The molecule has 0 unspecified atom stereocenters. The van der Waals surface area contributed by atoms with Crippen LogP contribution in [0.5, 0.6) is 0 Å². The summed E-state index contributed by atoms with van der Waals surface area (Å²) in [6, 6.07) is -5.73. The number of aliphatic carboxylic acids is 1. The van der Waals surface area contributed by atoms with E-state index in [1.807, 2.05) is 13.8 Å². The van der Waals surface area contributed by atoms with Crippen molar-refractivity contribution in [3.8, 4) is 0 Å². The molecule has 1 heterocycles. The average molecular weight is 726 g/mol. The van der Waals surface area contributed by atoms with E-state index in [9.17, 15) is 43.2 Å². The predicted molar refractivity (Wildman–Crippen MR) is 183 cm³/mol. The van der Waals surface area contributed by atoms with Crippen molar-refractivity contribution < 1.29 is 48.3 Å². The number of likely N-dealkylation sites (tertiary alicyclic amines) is 1. The second-order valence-corrected chi connectivity index (χ2v) is 13.6. The summed E-state index contributed by atoms with van der Waals surface area (Å²) in [6.07, 6.45) is 0.369. The van der Waals surface area contributed by atoms with E-state index in [0.717, 1.165) is 0 Å². The number of amides is 8. The maximum absolute atomic E-state index is 13.7. The molecule has 0 aliphatic carbocycles. The number of carboxylic acids is 1. The number of nitrogens with two attached hydrogens (primary N) is 2. The molecule has 5 atom stereocenters. The van der Waals surface area contributed by atoms with Crippen molar-refractivity contribution >= 4 is 53.2 Å². The van der Waals surface area contributed by atoms with Crippen LogP contribution >= 0.6 is 0 Å². The smallest absolute Gasteiger partial charge is 0.322 e. The highest BCUT2D eigenvalue weighted by molar-refractivity contribution is 5.97. The third kappa shape index (κ3) is 15.3. The molecule has 0 aromatic heterocycles. The summed E-state index contributed by atoms with van der Waals surface area (Å²) in [7, 11) is 0. The second kappa shape index (κ2) is 21.4. The van der Waals surface area contributed by atoms with E-state index in [-0.39, 0.29) is 44.7 Å². The fourth-order valence-corrected chi connectivity index (χ4v) is 5.35. The topological polar surface area (TPSA) is 301 Å². The summed E-state index contributed by atoms with van der Waals surface area (Å²) in [5.41, 5.74) is 10.6. The molecule has 51 heavy (non-hydrogen) atoms. The van der Waals surface area contributed by atoms with Gasteiger partial charge in [-0.2, -0.15) is 0 Å². The molecule has 0 saturated carbocycles. The molecule has 0 aromatic carbocycles. The first-order valence-corrected chi connectivity index (χ1v) is 17.0. The van der Waals surface area contributed by atoms with E-state index in [1.54, 1.807) is 27.7 Å². The van der Waals surface area contributed by atoms with Crippen LogP contribution in [0, 0.1) is 17.8 Å². The fourth-order valence-electron chi connectivity index (χ4n) is 5.35. The normalized spacial score (nSPS) is 16.4. The number of rotatable bonds is 21. The molecule has 19 heteroatoms. The van der Waals surface area contributed by atoms with Crippen molar-refractivity contribution in [3.63, 3.8) is 0 Å². The standard InChI is InChI=1S/C32H55N9O10/c1-16(2)12-20(38-30(49)26(17(3)4)39-24(44)14-35-23(43)13-33)28(47)40-27(18(5)6)31(50)37-19(9-10-22(34)42)32(51)41-11-7-8-21(41)29(48)36-15-25(45)46/h16-21,26-27H,7-15,33H2,1-6H3,(H2,34,42)(H,35,43)(H,36,48)(H,37,50)(H,38,49)(H,39,44)(H,40,47)(H,45,46)/t19-,20-,21+,26-,27-/m1/s1. The van der Waals surface area contributed by atoms with Crippen molar-refractivity contribution in [1.82, 2.24) is 36.8 Å². The highest BCUT2D eigenvalue weighted by Crippen LogP contribution is 2.20. The molecule has 0 aromatic rings. The van der Waals surface area contributed by atoms with Gasteiger partial charge in [0, 0.05) is 13.0 Å². The van der Waals surface area contributed by atoms with Gasteiger partial charge in [0.25, 0.3) is 0 Å². The number of carbonyl (C=O) groups excluding carboxylic acids is 8. The summed E-state index contributed by atoms with van der Waals surface area (Å²) in [5, 5.41) is 24.0. The Morgan fingerprint density at radius 3 is 1.82 bits per heavy atom. The minimum atomic E-state index is -1.31. The van der Waals surface area contributed by atoms with Gasteiger partial charge in [-0.25, -0.2) is 0 Å². The number of nitrogens with zero attached hydrogens (tertiary/aromatic N) is 1. The monoisotopic (exact) mass is 725 g/mol. The second-order valence-electron chi connectivity index (χ2n) is 13.6. The van der Waals surface area contributed by atoms with Gasteiger partial charge in [0.15, 0.2) is 0 Å².